The molecule has 1 heterocycles. The number of carbonyl (C=O) groups is 1. The minimum Gasteiger partial charge on any atom is -0.670 e. The fraction of sp³-hybridized carbons (Fsp3) is 0.150. The third-order valence-electron chi connectivity index (χ3n) is 3.82. The molecule has 27 heavy (non-hydrogen) atoms. The zero-order valence-electron chi connectivity index (χ0n) is 14.1. The second kappa shape index (κ2) is 8.26. The van der Waals surface area contributed by atoms with Gasteiger partial charge in [0.2, 0.25) is 5.91 Å². The molecule has 3 rings (SSSR count). The van der Waals surface area contributed by atoms with Crippen LogP contribution in [-0.4, -0.2) is 5.91 Å². The topological polar surface area (TPSA) is 43.2 Å². The number of amides is 1. The first-order valence-corrected chi connectivity index (χ1v) is 9.04. The first-order valence-electron chi connectivity index (χ1n) is 8.16. The van der Waals surface area contributed by atoms with E-state index in [2.05, 4.69) is 10.6 Å². The number of rotatable bonds is 6. The molecule has 0 aliphatic rings. The van der Waals surface area contributed by atoms with Gasteiger partial charge in [-0.25, -0.2) is 0 Å². The summed E-state index contributed by atoms with van der Waals surface area (Å²) in [5, 5.41) is 8.89. The Morgan fingerprint density at radius 1 is 1.04 bits per heavy atom. The number of nitrogens with zero attached hydrogens (tertiary/aromatic N) is 1. The van der Waals surface area contributed by atoms with Crippen molar-refractivity contribution in [2.24, 2.45) is 0 Å². The van der Waals surface area contributed by atoms with Gasteiger partial charge in [0.1, 0.15) is 0 Å². The van der Waals surface area contributed by atoms with Gasteiger partial charge in [0.05, 0.1) is 5.56 Å². The molecule has 1 N–H and O–H groups in total. The maximum absolute atomic E-state index is 12.9. The Hall–Kier alpha value is -2.80. The monoisotopic (exact) mass is 389 g/mol. The summed E-state index contributed by atoms with van der Waals surface area (Å²) in [6.07, 6.45) is -4.46. The molecule has 0 fully saturated rings. The predicted molar refractivity (Wildman–Crippen MR) is 99.8 cm³/mol. The summed E-state index contributed by atoms with van der Waals surface area (Å²) in [4.78, 5) is 13.3. The highest BCUT2D eigenvalue weighted by atomic mass is 32.1. The smallest absolute Gasteiger partial charge is 0.416 e. The summed E-state index contributed by atoms with van der Waals surface area (Å²) in [5.41, 5.74) is 0.242. The number of hydrogen-bond acceptors (Lipinski definition) is 2. The Morgan fingerprint density at radius 2 is 1.81 bits per heavy atom. The fourth-order valence-corrected chi connectivity index (χ4v) is 3.25. The Kier molecular flexibility index (Phi) is 5.81. The lowest BCUT2D eigenvalue weighted by Gasteiger charge is -2.32. The molecule has 1 aromatic heterocycles. The van der Waals surface area contributed by atoms with E-state index in [4.69, 9.17) is 0 Å². The zero-order valence-corrected chi connectivity index (χ0v) is 14.9. The lowest BCUT2D eigenvalue weighted by Crippen LogP contribution is -2.28. The summed E-state index contributed by atoms with van der Waals surface area (Å²) >= 11 is 1.33. The minimum atomic E-state index is -4.46. The summed E-state index contributed by atoms with van der Waals surface area (Å²) in [6, 6.07) is 16.7. The predicted octanol–water partition coefficient (Wildman–Crippen LogP) is 5.83. The van der Waals surface area contributed by atoms with Gasteiger partial charge in [-0.2, -0.15) is 13.2 Å². The third kappa shape index (κ3) is 5.10. The van der Waals surface area contributed by atoms with Crippen LogP contribution in [0.25, 0.3) is 5.32 Å². The van der Waals surface area contributed by atoms with E-state index in [0.29, 0.717) is 11.4 Å². The Morgan fingerprint density at radius 3 is 2.48 bits per heavy atom. The number of benzene rings is 2. The van der Waals surface area contributed by atoms with E-state index in [-0.39, 0.29) is 11.6 Å². The van der Waals surface area contributed by atoms with Gasteiger partial charge in [0.15, 0.2) is 0 Å². The molecule has 1 amide bonds. The number of nitrogens with one attached hydrogen (secondary N) is 1. The molecule has 1 unspecified atom stereocenters. The molecule has 0 bridgehead atoms. The quantitative estimate of drug-likeness (QED) is 0.566. The normalized spacial score (nSPS) is 12.4. The molecule has 3 nitrogen and oxygen atoms in total. The molecular formula is C20H16F3N2OS-. The zero-order chi connectivity index (χ0) is 19.3. The van der Waals surface area contributed by atoms with E-state index in [1.54, 1.807) is 17.5 Å². The average Bonchev–Trinajstić information content (AvgIpc) is 3.19. The second-order valence-corrected chi connectivity index (χ2v) is 6.78. The van der Waals surface area contributed by atoms with Crippen molar-refractivity contribution in [2.75, 3.05) is 0 Å². The molecular weight excluding hydrogens is 373 g/mol. The average molecular weight is 389 g/mol. The summed E-state index contributed by atoms with van der Waals surface area (Å²) in [6.45, 7) is 0.319. The molecule has 2 aromatic carbocycles. The summed E-state index contributed by atoms with van der Waals surface area (Å²) in [5.74, 6) is -0.362. The molecule has 0 aliphatic heterocycles. The first kappa shape index (κ1) is 19.0. The molecule has 0 saturated carbocycles. The van der Waals surface area contributed by atoms with E-state index in [1.807, 2.05) is 30.3 Å². The van der Waals surface area contributed by atoms with Crippen LogP contribution in [0.4, 0.5) is 18.9 Å². The van der Waals surface area contributed by atoms with Crippen molar-refractivity contribution >= 4 is 22.9 Å². The van der Waals surface area contributed by atoms with Crippen molar-refractivity contribution in [2.45, 2.75) is 18.8 Å². The van der Waals surface area contributed by atoms with Crippen LogP contribution < -0.4 is 5.32 Å². The molecule has 0 spiro atoms. The molecule has 3 aromatic rings. The van der Waals surface area contributed by atoms with E-state index in [0.717, 1.165) is 17.7 Å². The lowest BCUT2D eigenvalue weighted by molar-refractivity contribution is -0.137. The van der Waals surface area contributed by atoms with E-state index < -0.39 is 17.8 Å². The maximum Gasteiger partial charge on any atom is 0.416 e. The highest BCUT2D eigenvalue weighted by Gasteiger charge is 2.29. The van der Waals surface area contributed by atoms with Gasteiger partial charge in [-0.1, -0.05) is 60.7 Å². The SMILES string of the molecule is O=C(NCc1ccccc1)C([N-]c1cccc(C(F)(F)F)c1)c1cccs1. The van der Waals surface area contributed by atoms with Crippen molar-refractivity contribution in [1.29, 1.82) is 0 Å². The maximum atomic E-state index is 12.9. The standard InChI is InChI=1S/C20H16F3N2OS/c21-20(22,23)15-8-4-9-16(12-15)25-18(17-10-5-11-27-17)19(26)24-13-14-6-2-1-3-7-14/h1-12,18H,13H2,(H,24,26)/q-1. The molecule has 1 atom stereocenters. The van der Waals surface area contributed by atoms with Gasteiger partial charge in [-0.15, -0.1) is 17.0 Å². The van der Waals surface area contributed by atoms with Crippen molar-refractivity contribution in [3.8, 4) is 0 Å². The van der Waals surface area contributed by atoms with Crippen LogP contribution in [0, 0.1) is 0 Å². The van der Waals surface area contributed by atoms with Crippen LogP contribution in [0.5, 0.6) is 0 Å². The lowest BCUT2D eigenvalue weighted by atomic mass is 10.1. The molecule has 140 valence electrons. The third-order valence-corrected chi connectivity index (χ3v) is 4.75. The number of thiophene rings is 1. The summed E-state index contributed by atoms with van der Waals surface area (Å²) in [7, 11) is 0. The van der Waals surface area contributed by atoms with Crippen LogP contribution in [0.2, 0.25) is 0 Å². The Balaban J connectivity index is 1.77. The summed E-state index contributed by atoms with van der Waals surface area (Å²) < 4.78 is 38.8. The van der Waals surface area contributed by atoms with Crippen LogP contribution >= 0.6 is 11.3 Å². The minimum absolute atomic E-state index is 0.109. The van der Waals surface area contributed by atoms with Gasteiger partial charge in [0, 0.05) is 6.54 Å². The highest BCUT2D eigenvalue weighted by Crippen LogP contribution is 2.37. The van der Waals surface area contributed by atoms with Crippen LogP contribution in [-0.2, 0) is 17.5 Å². The van der Waals surface area contributed by atoms with Crippen molar-refractivity contribution in [3.63, 3.8) is 0 Å². The van der Waals surface area contributed by atoms with E-state index in [9.17, 15) is 18.0 Å². The van der Waals surface area contributed by atoms with Crippen LogP contribution in [0.15, 0.2) is 72.1 Å². The molecule has 0 saturated heterocycles. The van der Waals surface area contributed by atoms with Gasteiger partial charge in [-0.3, -0.25) is 4.79 Å². The first-order chi connectivity index (χ1) is 12.9. The number of carbonyl (C=O) groups excluding carboxylic acids is 1. The van der Waals surface area contributed by atoms with Gasteiger partial charge >= 0.3 is 6.18 Å². The fourth-order valence-electron chi connectivity index (χ4n) is 2.49. The molecule has 0 aliphatic carbocycles. The molecule has 7 heteroatoms. The second-order valence-electron chi connectivity index (χ2n) is 5.80. The van der Waals surface area contributed by atoms with Crippen LogP contribution in [0.1, 0.15) is 22.0 Å². The van der Waals surface area contributed by atoms with Gasteiger partial charge in [-0.05, 0) is 27.9 Å². The van der Waals surface area contributed by atoms with Crippen molar-refractivity contribution in [1.82, 2.24) is 5.32 Å². The van der Waals surface area contributed by atoms with Gasteiger partial charge < -0.3 is 10.6 Å². The number of hydrogen-bond donors (Lipinski definition) is 1. The van der Waals surface area contributed by atoms with Gasteiger partial charge in [0.25, 0.3) is 0 Å². The number of alkyl halides is 3. The van der Waals surface area contributed by atoms with Crippen molar-refractivity contribution in [3.05, 3.63) is 93.4 Å². The Bertz CT molecular complexity index is 880. The Labute approximate surface area is 158 Å². The van der Waals surface area contributed by atoms with E-state index in [1.165, 1.54) is 23.5 Å². The largest absolute Gasteiger partial charge is 0.670 e. The highest BCUT2D eigenvalue weighted by molar-refractivity contribution is 7.10. The number of halogens is 3. The molecule has 0 radical (unpaired) electrons. The van der Waals surface area contributed by atoms with E-state index >= 15 is 0 Å². The van der Waals surface area contributed by atoms with Crippen LogP contribution in [0.3, 0.4) is 0 Å². The van der Waals surface area contributed by atoms with Crippen molar-refractivity contribution < 1.29 is 18.0 Å².